The van der Waals surface area contributed by atoms with Crippen molar-refractivity contribution in [3.8, 4) is 22.4 Å². The van der Waals surface area contributed by atoms with E-state index < -0.39 is 0 Å². The fourth-order valence-corrected chi connectivity index (χ4v) is 3.81. The summed E-state index contributed by atoms with van der Waals surface area (Å²) in [6.45, 7) is 0. The molecule has 0 fully saturated rings. The second-order valence-electron chi connectivity index (χ2n) is 6.17. The lowest BCUT2D eigenvalue weighted by atomic mass is 9.94. The number of fused-ring (bicyclic) bond motifs is 4. The van der Waals surface area contributed by atoms with Gasteiger partial charge in [-0.3, -0.25) is 0 Å². The molecule has 2 heteroatoms. The van der Waals surface area contributed by atoms with Crippen molar-refractivity contribution in [1.82, 2.24) is 4.98 Å². The van der Waals surface area contributed by atoms with Gasteiger partial charge in [-0.1, -0.05) is 66.2 Å². The first-order chi connectivity index (χ1) is 11.8. The van der Waals surface area contributed by atoms with Crippen molar-refractivity contribution in [2.24, 2.45) is 0 Å². The molecule has 1 aliphatic rings. The van der Waals surface area contributed by atoms with Crippen LogP contribution in [-0.2, 0) is 6.42 Å². The lowest BCUT2D eigenvalue weighted by molar-refractivity contribution is 1.25. The van der Waals surface area contributed by atoms with Gasteiger partial charge in [0, 0.05) is 22.4 Å². The summed E-state index contributed by atoms with van der Waals surface area (Å²) in [5.74, 6) is 0. The van der Waals surface area contributed by atoms with Gasteiger partial charge in [-0.25, -0.2) is 4.98 Å². The van der Waals surface area contributed by atoms with Gasteiger partial charge in [0.1, 0.15) is 0 Å². The van der Waals surface area contributed by atoms with Gasteiger partial charge in [0.05, 0.1) is 11.2 Å². The quantitative estimate of drug-likeness (QED) is 0.361. The van der Waals surface area contributed by atoms with Crippen LogP contribution in [0.25, 0.3) is 33.3 Å². The first-order valence-electron chi connectivity index (χ1n) is 8.07. The highest BCUT2D eigenvalue weighted by molar-refractivity contribution is 6.30. The summed E-state index contributed by atoms with van der Waals surface area (Å²) >= 11 is 6.10. The summed E-state index contributed by atoms with van der Waals surface area (Å²) in [6.07, 6.45) is 0.932. The van der Waals surface area contributed by atoms with Crippen LogP contribution in [0.4, 0.5) is 0 Å². The molecule has 0 spiro atoms. The van der Waals surface area contributed by atoms with Crippen molar-refractivity contribution in [3.63, 3.8) is 0 Å². The van der Waals surface area contributed by atoms with Crippen LogP contribution in [0.5, 0.6) is 0 Å². The molecule has 24 heavy (non-hydrogen) atoms. The molecule has 1 aliphatic carbocycles. The van der Waals surface area contributed by atoms with Gasteiger partial charge in [-0.15, -0.1) is 0 Å². The van der Waals surface area contributed by atoms with Crippen LogP contribution in [0.15, 0.2) is 72.8 Å². The molecule has 1 heterocycles. The summed E-state index contributed by atoms with van der Waals surface area (Å²) in [7, 11) is 0. The van der Waals surface area contributed by atoms with E-state index >= 15 is 0 Å². The van der Waals surface area contributed by atoms with Crippen LogP contribution in [0.3, 0.4) is 0 Å². The van der Waals surface area contributed by atoms with Crippen LogP contribution >= 0.6 is 11.6 Å². The number of nitrogens with zero attached hydrogens (tertiary/aromatic N) is 1. The van der Waals surface area contributed by atoms with Crippen LogP contribution in [0.2, 0.25) is 5.02 Å². The molecule has 4 aromatic rings. The Labute approximate surface area is 145 Å². The van der Waals surface area contributed by atoms with Gasteiger partial charge in [0.25, 0.3) is 0 Å². The molecule has 0 saturated heterocycles. The van der Waals surface area contributed by atoms with Crippen molar-refractivity contribution in [1.29, 1.82) is 0 Å². The van der Waals surface area contributed by atoms with Gasteiger partial charge in [0.15, 0.2) is 0 Å². The minimum absolute atomic E-state index is 0.761. The molecule has 0 radical (unpaired) electrons. The lowest BCUT2D eigenvalue weighted by Crippen LogP contribution is -1.94. The highest BCUT2D eigenvalue weighted by Crippen LogP contribution is 2.43. The van der Waals surface area contributed by atoms with E-state index in [-0.39, 0.29) is 0 Å². The zero-order valence-electron chi connectivity index (χ0n) is 13.0. The minimum Gasteiger partial charge on any atom is -0.247 e. The molecule has 1 nitrogen and oxygen atoms in total. The maximum absolute atomic E-state index is 6.10. The normalized spacial score (nSPS) is 12.2. The smallest absolute Gasteiger partial charge is 0.0754 e. The molecule has 3 aromatic carbocycles. The van der Waals surface area contributed by atoms with Crippen LogP contribution in [-0.4, -0.2) is 4.98 Å². The Morgan fingerprint density at radius 3 is 2.42 bits per heavy atom. The number of halogens is 1. The lowest BCUT2D eigenvalue weighted by Gasteiger charge is -2.13. The largest absolute Gasteiger partial charge is 0.247 e. The number of para-hydroxylation sites is 1. The zero-order valence-corrected chi connectivity index (χ0v) is 13.7. The molecule has 0 atom stereocenters. The Kier molecular flexibility index (Phi) is 2.97. The highest BCUT2D eigenvalue weighted by atomic mass is 35.5. The van der Waals surface area contributed by atoms with Gasteiger partial charge in [-0.2, -0.15) is 0 Å². The number of pyridine rings is 1. The predicted molar refractivity (Wildman–Crippen MR) is 100 cm³/mol. The fraction of sp³-hybridized carbons (Fsp3) is 0.0455. The minimum atomic E-state index is 0.761. The van der Waals surface area contributed by atoms with E-state index in [1.54, 1.807) is 0 Å². The van der Waals surface area contributed by atoms with Crippen LogP contribution in [0.1, 0.15) is 11.1 Å². The van der Waals surface area contributed by atoms with E-state index in [1.165, 1.54) is 33.2 Å². The highest BCUT2D eigenvalue weighted by Gasteiger charge is 2.24. The molecule has 0 unspecified atom stereocenters. The standard InChI is InChI=1S/C22H14ClN/c23-16-11-9-14(10-12-16)21-18-7-3-4-8-20(18)24-22-17-6-2-1-5-15(17)13-19(21)22/h1-12H,13H2. The van der Waals surface area contributed by atoms with Crippen LogP contribution in [0, 0.1) is 0 Å². The number of aromatic nitrogens is 1. The summed E-state index contributed by atoms with van der Waals surface area (Å²) in [5, 5.41) is 1.96. The summed E-state index contributed by atoms with van der Waals surface area (Å²) in [6, 6.07) is 25.1. The van der Waals surface area contributed by atoms with E-state index in [0.29, 0.717) is 0 Å². The Morgan fingerprint density at radius 1 is 0.792 bits per heavy atom. The first-order valence-corrected chi connectivity index (χ1v) is 8.45. The predicted octanol–water partition coefficient (Wildman–Crippen LogP) is 6.13. The topological polar surface area (TPSA) is 12.9 Å². The summed E-state index contributed by atoms with van der Waals surface area (Å²) < 4.78 is 0. The third-order valence-corrected chi connectivity index (χ3v) is 5.02. The maximum atomic E-state index is 6.10. The molecular weight excluding hydrogens is 314 g/mol. The third kappa shape index (κ3) is 1.98. The van der Waals surface area contributed by atoms with Gasteiger partial charge in [0.2, 0.25) is 0 Å². The second-order valence-corrected chi connectivity index (χ2v) is 6.61. The van der Waals surface area contributed by atoms with Crippen molar-refractivity contribution >= 4 is 22.5 Å². The van der Waals surface area contributed by atoms with E-state index in [9.17, 15) is 0 Å². The second kappa shape index (κ2) is 5.19. The number of hydrogen-bond acceptors (Lipinski definition) is 1. The number of benzene rings is 3. The molecule has 0 saturated carbocycles. The Balaban J connectivity index is 1.89. The molecule has 0 bridgehead atoms. The molecular formula is C22H14ClN. The molecule has 0 aliphatic heterocycles. The van der Waals surface area contributed by atoms with Gasteiger partial charge < -0.3 is 0 Å². The number of rotatable bonds is 1. The monoisotopic (exact) mass is 327 g/mol. The first kappa shape index (κ1) is 13.8. The van der Waals surface area contributed by atoms with E-state index in [1.807, 2.05) is 18.2 Å². The summed E-state index contributed by atoms with van der Waals surface area (Å²) in [5.41, 5.74) is 8.56. The van der Waals surface area contributed by atoms with E-state index in [0.717, 1.165) is 22.7 Å². The van der Waals surface area contributed by atoms with Crippen molar-refractivity contribution in [3.05, 3.63) is 88.9 Å². The third-order valence-electron chi connectivity index (χ3n) is 4.77. The molecule has 5 rings (SSSR count). The average molecular weight is 328 g/mol. The Bertz CT molecular complexity index is 1080. The molecule has 114 valence electrons. The van der Waals surface area contributed by atoms with E-state index in [2.05, 4.69) is 54.6 Å². The average Bonchev–Trinajstić information content (AvgIpc) is 2.99. The number of hydrogen-bond donors (Lipinski definition) is 0. The fourth-order valence-electron chi connectivity index (χ4n) is 3.69. The van der Waals surface area contributed by atoms with E-state index in [4.69, 9.17) is 16.6 Å². The molecule has 0 amide bonds. The van der Waals surface area contributed by atoms with Gasteiger partial charge >= 0.3 is 0 Å². The van der Waals surface area contributed by atoms with Crippen molar-refractivity contribution < 1.29 is 0 Å². The SMILES string of the molecule is Clc1ccc(-c2c3c(nc4ccccc24)-c2ccccc2C3)cc1. The summed E-state index contributed by atoms with van der Waals surface area (Å²) in [4.78, 5) is 4.97. The van der Waals surface area contributed by atoms with Gasteiger partial charge in [-0.05, 0) is 40.5 Å². The Morgan fingerprint density at radius 2 is 1.54 bits per heavy atom. The zero-order chi connectivity index (χ0) is 16.1. The van der Waals surface area contributed by atoms with Crippen LogP contribution < -0.4 is 0 Å². The molecule has 0 N–H and O–H groups in total. The molecule has 1 aromatic heterocycles. The Hall–Kier alpha value is -2.64. The van der Waals surface area contributed by atoms with Crippen molar-refractivity contribution in [2.45, 2.75) is 6.42 Å². The van der Waals surface area contributed by atoms with Crippen molar-refractivity contribution in [2.75, 3.05) is 0 Å². The maximum Gasteiger partial charge on any atom is 0.0754 e.